The monoisotopic (exact) mass is 288 g/mol. The molecule has 0 bridgehead atoms. The molecule has 1 heterocycles. The van der Waals surface area contributed by atoms with Crippen molar-refractivity contribution in [2.75, 3.05) is 0 Å². The molecule has 3 nitrogen and oxygen atoms in total. The van der Waals surface area contributed by atoms with Crippen molar-refractivity contribution in [2.45, 2.75) is 0 Å². The fourth-order valence-corrected chi connectivity index (χ4v) is 4.10. The molecule has 2 aliphatic rings. The molecule has 0 amide bonds. The summed E-state index contributed by atoms with van der Waals surface area (Å²) in [5.41, 5.74) is 1.41. The molecule has 1 aliphatic heterocycles. The summed E-state index contributed by atoms with van der Waals surface area (Å²) in [5, 5.41) is 11.5. The number of para-hydroxylation sites is 1. The SMILES string of the molecule is O=C1C=CC=C/C1=C1/[NH+]=C(c2ccccc2O)SS1. The van der Waals surface area contributed by atoms with E-state index in [1.807, 2.05) is 18.2 Å². The molecular weight excluding hydrogens is 278 g/mol. The molecule has 5 heteroatoms. The largest absolute Gasteiger partial charge is 0.507 e. The average molecular weight is 288 g/mol. The van der Waals surface area contributed by atoms with Gasteiger partial charge in [-0.1, -0.05) is 24.3 Å². The molecule has 2 N–H and O–H groups in total. The molecule has 0 spiro atoms. The number of benzene rings is 1. The Bertz CT molecular complexity index is 672. The summed E-state index contributed by atoms with van der Waals surface area (Å²) in [6.45, 7) is 0. The standard InChI is InChI=1S/C14H9NO2S2/c16-11-7-3-1-5-9(11)13-15-14(19-18-13)10-6-2-4-8-12(10)17/h1-8,16H/p+1/b14-10+. The van der Waals surface area contributed by atoms with Gasteiger partial charge in [0.2, 0.25) is 0 Å². The van der Waals surface area contributed by atoms with Crippen LogP contribution in [0.5, 0.6) is 5.75 Å². The van der Waals surface area contributed by atoms with Crippen molar-refractivity contribution in [1.82, 2.24) is 0 Å². The topological polar surface area (TPSA) is 51.3 Å². The van der Waals surface area contributed by atoms with Gasteiger partial charge in [-0.15, -0.1) is 0 Å². The molecule has 1 aromatic carbocycles. The van der Waals surface area contributed by atoms with Crippen LogP contribution < -0.4 is 4.99 Å². The average Bonchev–Trinajstić information content (AvgIpc) is 2.89. The molecule has 0 saturated carbocycles. The lowest BCUT2D eigenvalue weighted by Crippen LogP contribution is -2.67. The number of rotatable bonds is 1. The van der Waals surface area contributed by atoms with E-state index in [0.717, 1.165) is 15.6 Å². The van der Waals surface area contributed by atoms with Crippen molar-refractivity contribution in [2.24, 2.45) is 0 Å². The van der Waals surface area contributed by atoms with Gasteiger partial charge in [0, 0.05) is 21.6 Å². The summed E-state index contributed by atoms with van der Waals surface area (Å²) >= 11 is 0. The van der Waals surface area contributed by atoms with Crippen molar-refractivity contribution < 1.29 is 14.9 Å². The lowest BCUT2D eigenvalue weighted by atomic mass is 10.1. The Balaban J connectivity index is 2.00. The Morgan fingerprint density at radius 3 is 2.63 bits per heavy atom. The Labute approximate surface area is 118 Å². The third-order valence-corrected chi connectivity index (χ3v) is 5.03. The first-order valence-corrected chi connectivity index (χ1v) is 7.81. The lowest BCUT2D eigenvalue weighted by molar-refractivity contribution is -0.376. The van der Waals surface area contributed by atoms with Crippen LogP contribution in [0.3, 0.4) is 0 Å². The van der Waals surface area contributed by atoms with Crippen molar-refractivity contribution in [3.8, 4) is 5.75 Å². The molecule has 0 radical (unpaired) electrons. The normalized spacial score (nSPS) is 21.9. The van der Waals surface area contributed by atoms with Gasteiger partial charge >= 0.3 is 0 Å². The van der Waals surface area contributed by atoms with Gasteiger partial charge < -0.3 is 5.11 Å². The predicted molar refractivity (Wildman–Crippen MR) is 78.7 cm³/mol. The Hall–Kier alpha value is -1.72. The van der Waals surface area contributed by atoms with Crippen LogP contribution in [0.4, 0.5) is 0 Å². The predicted octanol–water partition coefficient (Wildman–Crippen LogP) is 1.52. The molecule has 3 rings (SSSR count). The highest BCUT2D eigenvalue weighted by atomic mass is 33.1. The van der Waals surface area contributed by atoms with E-state index in [9.17, 15) is 9.90 Å². The van der Waals surface area contributed by atoms with E-state index in [1.54, 1.807) is 30.4 Å². The van der Waals surface area contributed by atoms with Gasteiger partial charge in [-0.2, -0.15) is 4.99 Å². The second-order valence-corrected chi connectivity index (χ2v) is 6.11. The van der Waals surface area contributed by atoms with Gasteiger partial charge in [0.15, 0.2) is 5.78 Å². The number of hydrogen-bond donors (Lipinski definition) is 2. The molecule has 1 aliphatic carbocycles. The molecule has 0 aromatic heterocycles. The zero-order chi connectivity index (χ0) is 13.2. The highest BCUT2D eigenvalue weighted by Crippen LogP contribution is 2.36. The number of carbonyl (C=O) groups excluding carboxylic acids is 1. The molecule has 0 fully saturated rings. The minimum atomic E-state index is -0.00312. The fraction of sp³-hybridized carbons (Fsp3) is 0. The molecule has 0 unspecified atom stereocenters. The van der Waals surface area contributed by atoms with E-state index in [1.165, 1.54) is 21.6 Å². The third kappa shape index (κ3) is 2.39. The van der Waals surface area contributed by atoms with Crippen LogP contribution >= 0.6 is 21.6 Å². The Morgan fingerprint density at radius 1 is 1.05 bits per heavy atom. The first kappa shape index (κ1) is 12.3. The van der Waals surface area contributed by atoms with Crippen LogP contribution in [-0.4, -0.2) is 15.9 Å². The zero-order valence-electron chi connectivity index (χ0n) is 9.79. The lowest BCUT2D eigenvalue weighted by Gasteiger charge is -1.98. The number of carbonyl (C=O) groups is 1. The zero-order valence-corrected chi connectivity index (χ0v) is 11.4. The maximum absolute atomic E-state index is 11.8. The molecule has 19 heavy (non-hydrogen) atoms. The Kier molecular flexibility index (Phi) is 3.31. The van der Waals surface area contributed by atoms with Gasteiger partial charge in [0.1, 0.15) is 11.3 Å². The van der Waals surface area contributed by atoms with Crippen LogP contribution in [0.15, 0.2) is 59.2 Å². The molecule has 0 saturated heterocycles. The summed E-state index contributed by atoms with van der Waals surface area (Å²) < 4.78 is 0. The van der Waals surface area contributed by atoms with E-state index < -0.39 is 0 Å². The van der Waals surface area contributed by atoms with E-state index >= 15 is 0 Å². The highest BCUT2D eigenvalue weighted by Gasteiger charge is 2.29. The highest BCUT2D eigenvalue weighted by molar-refractivity contribution is 8.84. The number of allylic oxidation sites excluding steroid dienone is 5. The van der Waals surface area contributed by atoms with Crippen molar-refractivity contribution in [1.29, 1.82) is 0 Å². The molecule has 1 aromatic rings. The molecule has 94 valence electrons. The quantitative estimate of drug-likeness (QED) is 0.608. The van der Waals surface area contributed by atoms with Gasteiger partial charge in [-0.05, 0) is 24.3 Å². The van der Waals surface area contributed by atoms with Gasteiger partial charge in [-0.25, -0.2) is 0 Å². The van der Waals surface area contributed by atoms with E-state index in [0.29, 0.717) is 5.57 Å². The molecule has 0 atom stereocenters. The van der Waals surface area contributed by atoms with Crippen LogP contribution in [0.25, 0.3) is 0 Å². The van der Waals surface area contributed by atoms with Gasteiger partial charge in [-0.3, -0.25) is 4.79 Å². The smallest absolute Gasteiger partial charge is 0.261 e. The van der Waals surface area contributed by atoms with E-state index in [4.69, 9.17) is 0 Å². The summed E-state index contributed by atoms with van der Waals surface area (Å²) in [6.07, 6.45) is 6.92. The van der Waals surface area contributed by atoms with Crippen molar-refractivity contribution >= 4 is 32.4 Å². The summed E-state index contributed by atoms with van der Waals surface area (Å²) in [4.78, 5) is 15.0. The number of aromatic hydroxyl groups is 1. The van der Waals surface area contributed by atoms with Gasteiger partial charge in [0.05, 0.1) is 5.56 Å². The number of phenolic OH excluding ortho intramolecular Hbond substituents is 1. The van der Waals surface area contributed by atoms with Gasteiger partial charge in [0.25, 0.3) is 10.1 Å². The number of hydrogen-bond acceptors (Lipinski definition) is 4. The van der Waals surface area contributed by atoms with Crippen molar-refractivity contribution in [3.63, 3.8) is 0 Å². The Morgan fingerprint density at radius 2 is 1.84 bits per heavy atom. The number of ketones is 1. The van der Waals surface area contributed by atoms with Crippen LogP contribution in [-0.2, 0) is 4.79 Å². The first-order valence-electron chi connectivity index (χ1n) is 5.66. The number of phenols is 1. The first-order chi connectivity index (χ1) is 9.25. The summed E-state index contributed by atoms with van der Waals surface area (Å²) in [5.74, 6) is 0.228. The number of nitrogens with one attached hydrogen (secondary N) is 1. The minimum absolute atomic E-state index is 0.00312. The molecular formula is C14H10NO2S2+. The van der Waals surface area contributed by atoms with Crippen LogP contribution in [0.1, 0.15) is 5.56 Å². The van der Waals surface area contributed by atoms with Crippen LogP contribution in [0, 0.1) is 0 Å². The second kappa shape index (κ2) is 5.11. The second-order valence-electron chi connectivity index (χ2n) is 3.96. The third-order valence-electron chi connectivity index (χ3n) is 2.72. The van der Waals surface area contributed by atoms with Crippen molar-refractivity contribution in [3.05, 3.63) is 64.7 Å². The fourth-order valence-electron chi connectivity index (χ4n) is 1.77. The van der Waals surface area contributed by atoms with E-state index in [-0.39, 0.29) is 11.5 Å². The maximum Gasteiger partial charge on any atom is 0.261 e. The minimum Gasteiger partial charge on any atom is -0.507 e. The van der Waals surface area contributed by atoms with E-state index in [2.05, 4.69) is 4.99 Å². The maximum atomic E-state index is 11.8. The van der Waals surface area contributed by atoms with Crippen LogP contribution in [0.2, 0.25) is 0 Å². The summed E-state index contributed by atoms with van der Waals surface area (Å²) in [7, 11) is 3.00. The summed E-state index contributed by atoms with van der Waals surface area (Å²) in [6, 6.07) is 7.14.